The smallest absolute Gasteiger partial charge is 0.276 e. The molecule has 1 aromatic heterocycles. The van der Waals surface area contributed by atoms with Crippen LogP contribution in [0.3, 0.4) is 0 Å². The number of benzene rings is 2. The number of halogens is 1. The molecule has 2 aromatic carbocycles. The van der Waals surface area contributed by atoms with Crippen LogP contribution in [-0.4, -0.2) is 68.7 Å². The Labute approximate surface area is 213 Å². The predicted octanol–water partition coefficient (Wildman–Crippen LogP) is 2.68. The van der Waals surface area contributed by atoms with E-state index >= 15 is 0 Å². The lowest BCUT2D eigenvalue weighted by molar-refractivity contribution is -0.131. The fourth-order valence-corrected chi connectivity index (χ4v) is 4.14. The molecule has 36 heavy (non-hydrogen) atoms. The highest BCUT2D eigenvalue weighted by atomic mass is 35.5. The molecule has 11 heteroatoms. The van der Waals surface area contributed by atoms with Crippen molar-refractivity contribution in [2.45, 2.75) is 19.4 Å². The third kappa shape index (κ3) is 5.37. The highest BCUT2D eigenvalue weighted by Crippen LogP contribution is 2.25. The normalized spacial score (nSPS) is 16.9. The van der Waals surface area contributed by atoms with Crippen LogP contribution in [0.25, 0.3) is 5.69 Å². The van der Waals surface area contributed by atoms with Gasteiger partial charge in [-0.2, -0.15) is 5.26 Å². The summed E-state index contributed by atoms with van der Waals surface area (Å²) in [7, 11) is 1.47. The molecule has 0 aliphatic carbocycles. The van der Waals surface area contributed by atoms with Gasteiger partial charge in [-0.1, -0.05) is 35.0 Å². The third-order valence-corrected chi connectivity index (χ3v) is 6.32. The number of aromatic nitrogens is 3. The number of carbonyl (C=O) groups is 3. The van der Waals surface area contributed by atoms with Crippen molar-refractivity contribution in [1.82, 2.24) is 24.8 Å². The summed E-state index contributed by atoms with van der Waals surface area (Å²) in [6, 6.07) is 15.6. The summed E-state index contributed by atoms with van der Waals surface area (Å²) < 4.78 is 1.43. The number of para-hydroxylation sites is 1. The van der Waals surface area contributed by atoms with E-state index in [-0.39, 0.29) is 31.1 Å². The molecule has 1 aliphatic rings. The molecule has 0 radical (unpaired) electrons. The molecular formula is C25H24ClN7O3. The van der Waals surface area contributed by atoms with Gasteiger partial charge in [0.25, 0.3) is 5.91 Å². The number of rotatable bonds is 6. The van der Waals surface area contributed by atoms with Gasteiger partial charge >= 0.3 is 0 Å². The Morgan fingerprint density at radius 3 is 2.61 bits per heavy atom. The Morgan fingerprint density at radius 1 is 1.19 bits per heavy atom. The van der Waals surface area contributed by atoms with Gasteiger partial charge in [-0.25, -0.2) is 4.68 Å². The number of likely N-dealkylation sites (N-methyl/N-ethyl adjacent to an activating group) is 1. The number of nitrogens with one attached hydrogen (secondary N) is 1. The largest absolute Gasteiger partial charge is 0.331 e. The predicted molar refractivity (Wildman–Crippen MR) is 132 cm³/mol. The zero-order valence-electron chi connectivity index (χ0n) is 19.8. The first kappa shape index (κ1) is 24.9. The Balaban J connectivity index is 1.38. The van der Waals surface area contributed by atoms with Crippen LogP contribution in [0, 0.1) is 24.2 Å². The van der Waals surface area contributed by atoms with Crippen molar-refractivity contribution in [2.24, 2.45) is 5.92 Å². The second kappa shape index (κ2) is 10.6. The minimum absolute atomic E-state index is 0.0639. The second-order valence-corrected chi connectivity index (χ2v) is 9.05. The summed E-state index contributed by atoms with van der Waals surface area (Å²) in [4.78, 5) is 41.2. The molecule has 3 amide bonds. The quantitative estimate of drug-likeness (QED) is 0.549. The average Bonchev–Trinajstić information content (AvgIpc) is 3.53. The minimum Gasteiger partial charge on any atom is -0.331 e. The number of hydrogen-bond acceptors (Lipinski definition) is 6. The molecule has 2 heterocycles. The molecule has 0 saturated carbocycles. The first-order valence-corrected chi connectivity index (χ1v) is 11.6. The van der Waals surface area contributed by atoms with E-state index < -0.39 is 23.8 Å². The van der Waals surface area contributed by atoms with Crippen molar-refractivity contribution in [3.05, 3.63) is 71.0 Å². The van der Waals surface area contributed by atoms with Crippen molar-refractivity contribution in [3.63, 3.8) is 0 Å². The summed E-state index contributed by atoms with van der Waals surface area (Å²) in [6.07, 6.45) is 1.69. The molecule has 0 spiro atoms. The molecule has 1 aliphatic heterocycles. The molecular weight excluding hydrogens is 482 g/mol. The maximum Gasteiger partial charge on any atom is 0.276 e. The van der Waals surface area contributed by atoms with Crippen LogP contribution in [0.15, 0.2) is 54.7 Å². The van der Waals surface area contributed by atoms with Crippen molar-refractivity contribution in [1.29, 1.82) is 5.26 Å². The highest BCUT2D eigenvalue weighted by molar-refractivity contribution is 6.30. The number of amides is 3. The van der Waals surface area contributed by atoms with Crippen molar-refractivity contribution in [3.8, 4) is 11.8 Å². The summed E-state index contributed by atoms with van der Waals surface area (Å²) >= 11 is 5.90. The molecule has 1 N–H and O–H groups in total. The molecule has 2 atom stereocenters. The molecule has 1 fully saturated rings. The summed E-state index contributed by atoms with van der Waals surface area (Å²) in [5, 5.41) is 20.9. The van der Waals surface area contributed by atoms with Crippen LogP contribution in [-0.2, 0) is 9.59 Å². The van der Waals surface area contributed by atoms with Gasteiger partial charge in [0.2, 0.25) is 11.8 Å². The van der Waals surface area contributed by atoms with Gasteiger partial charge in [-0.3, -0.25) is 14.4 Å². The monoisotopic (exact) mass is 505 g/mol. The van der Waals surface area contributed by atoms with Gasteiger partial charge in [0.15, 0.2) is 5.69 Å². The van der Waals surface area contributed by atoms with Gasteiger partial charge in [0, 0.05) is 24.3 Å². The number of nitriles is 1. The number of anilines is 1. The topological polar surface area (TPSA) is 124 Å². The van der Waals surface area contributed by atoms with Gasteiger partial charge in [0.05, 0.1) is 30.4 Å². The lowest BCUT2D eigenvalue weighted by Crippen LogP contribution is -2.43. The van der Waals surface area contributed by atoms with Crippen LogP contribution < -0.4 is 5.32 Å². The maximum absolute atomic E-state index is 13.0. The Kier molecular flexibility index (Phi) is 7.31. The van der Waals surface area contributed by atoms with Gasteiger partial charge < -0.3 is 15.1 Å². The van der Waals surface area contributed by atoms with E-state index in [2.05, 4.69) is 21.7 Å². The van der Waals surface area contributed by atoms with Crippen molar-refractivity contribution >= 4 is 35.0 Å². The standard InChI is InChI=1S/C25H24ClN7O3/c1-16-5-3-4-6-21(16)28-24(35)17-11-20(12-27)32(13-17)23(34)15-31(2)25(36)22-14-33(30-29-22)19-9-7-18(26)8-10-19/h3-10,14,17,20H,11,13,15H2,1-2H3,(H,28,35). The van der Waals surface area contributed by atoms with Crippen LogP contribution in [0.4, 0.5) is 5.69 Å². The highest BCUT2D eigenvalue weighted by Gasteiger charge is 2.39. The molecule has 1 saturated heterocycles. The van der Waals surface area contributed by atoms with E-state index in [9.17, 15) is 19.6 Å². The van der Waals surface area contributed by atoms with Crippen LogP contribution in [0.5, 0.6) is 0 Å². The average molecular weight is 506 g/mol. The van der Waals surface area contributed by atoms with E-state index in [0.717, 1.165) is 5.56 Å². The molecule has 184 valence electrons. The van der Waals surface area contributed by atoms with E-state index in [1.807, 2.05) is 25.1 Å². The molecule has 3 aromatic rings. The van der Waals surface area contributed by atoms with E-state index in [1.54, 1.807) is 30.3 Å². The van der Waals surface area contributed by atoms with Crippen molar-refractivity contribution in [2.75, 3.05) is 25.5 Å². The fourth-order valence-electron chi connectivity index (χ4n) is 4.01. The number of aryl methyl sites for hydroxylation is 1. The van der Waals surface area contributed by atoms with Gasteiger partial charge in [0.1, 0.15) is 6.04 Å². The van der Waals surface area contributed by atoms with Gasteiger partial charge in [-0.15, -0.1) is 5.10 Å². The van der Waals surface area contributed by atoms with Crippen LogP contribution in [0.1, 0.15) is 22.5 Å². The lowest BCUT2D eigenvalue weighted by atomic mass is 10.0. The van der Waals surface area contributed by atoms with Gasteiger partial charge in [-0.05, 0) is 49.2 Å². The summed E-state index contributed by atoms with van der Waals surface area (Å²) in [5.74, 6) is -1.69. The number of hydrogen-bond donors (Lipinski definition) is 1. The van der Waals surface area contributed by atoms with Crippen molar-refractivity contribution < 1.29 is 14.4 Å². The SMILES string of the molecule is Cc1ccccc1NC(=O)C1CC(C#N)N(C(=O)CN(C)C(=O)c2cn(-c3ccc(Cl)cc3)nn2)C1. The zero-order valence-corrected chi connectivity index (χ0v) is 20.5. The third-order valence-electron chi connectivity index (χ3n) is 6.07. The Bertz CT molecular complexity index is 1330. The number of nitrogens with zero attached hydrogens (tertiary/aromatic N) is 6. The van der Waals surface area contributed by atoms with E-state index in [1.165, 1.54) is 27.7 Å². The first-order chi connectivity index (χ1) is 17.3. The fraction of sp³-hybridized carbons (Fsp3) is 0.280. The molecule has 10 nitrogen and oxygen atoms in total. The molecule has 0 bridgehead atoms. The summed E-state index contributed by atoms with van der Waals surface area (Å²) in [6.45, 7) is 1.72. The summed E-state index contributed by atoms with van der Waals surface area (Å²) in [5.41, 5.74) is 2.35. The minimum atomic E-state index is -0.751. The zero-order chi connectivity index (χ0) is 25.8. The van der Waals surface area contributed by atoms with E-state index in [4.69, 9.17) is 11.6 Å². The molecule has 4 rings (SSSR count). The van der Waals surface area contributed by atoms with E-state index in [0.29, 0.717) is 16.4 Å². The Morgan fingerprint density at radius 2 is 1.92 bits per heavy atom. The Hall–Kier alpha value is -4.23. The molecule has 2 unspecified atom stereocenters. The van der Waals surface area contributed by atoms with Crippen LogP contribution >= 0.6 is 11.6 Å². The first-order valence-electron chi connectivity index (χ1n) is 11.3. The second-order valence-electron chi connectivity index (χ2n) is 8.61. The number of likely N-dealkylation sites (tertiary alicyclic amines) is 1. The maximum atomic E-state index is 13.0. The number of carbonyl (C=O) groups excluding carboxylic acids is 3. The lowest BCUT2D eigenvalue weighted by Gasteiger charge is -2.23. The van der Waals surface area contributed by atoms with Crippen LogP contribution in [0.2, 0.25) is 5.02 Å².